The number of nitrogens with one attached hydrogen (secondary N) is 2. The van der Waals surface area contributed by atoms with Gasteiger partial charge in [-0.2, -0.15) is 5.10 Å². The van der Waals surface area contributed by atoms with Crippen LogP contribution in [0.25, 0.3) is 0 Å². The molecule has 27 heavy (non-hydrogen) atoms. The summed E-state index contributed by atoms with van der Waals surface area (Å²) in [6.45, 7) is 6.78. The quantitative estimate of drug-likeness (QED) is 0.726. The average molecular weight is 371 g/mol. The van der Waals surface area contributed by atoms with Crippen molar-refractivity contribution in [2.45, 2.75) is 46.5 Å². The molecule has 144 valence electrons. The number of carbonyl (C=O) groups excluding carboxylic acids is 1. The van der Waals surface area contributed by atoms with Crippen molar-refractivity contribution < 1.29 is 13.6 Å². The second kappa shape index (κ2) is 8.37. The first-order valence-corrected chi connectivity index (χ1v) is 9.44. The molecule has 1 aliphatic carbocycles. The lowest BCUT2D eigenvalue weighted by atomic mass is 9.93. The van der Waals surface area contributed by atoms with Crippen LogP contribution in [-0.2, 0) is 6.42 Å². The van der Waals surface area contributed by atoms with Crippen LogP contribution in [0.15, 0.2) is 33.8 Å². The van der Waals surface area contributed by atoms with Crippen LogP contribution >= 0.6 is 0 Å². The first kappa shape index (κ1) is 19.1. The molecule has 1 aromatic heterocycles. The molecular weight excluding hydrogens is 345 g/mol. The largest absolute Gasteiger partial charge is 0.455 e. The number of nitrogens with zero attached hydrogens (tertiary/aromatic N) is 1. The molecule has 0 saturated carbocycles. The lowest BCUT2D eigenvalue weighted by Crippen LogP contribution is -2.25. The van der Waals surface area contributed by atoms with Gasteiger partial charge in [0.1, 0.15) is 11.6 Å². The van der Waals surface area contributed by atoms with E-state index in [1.54, 1.807) is 12.1 Å². The molecule has 1 heterocycles. The number of amides is 1. The van der Waals surface area contributed by atoms with Gasteiger partial charge >= 0.3 is 0 Å². The summed E-state index contributed by atoms with van der Waals surface area (Å²) in [4.78, 5) is 12.5. The van der Waals surface area contributed by atoms with Crippen LogP contribution in [0.2, 0.25) is 0 Å². The van der Waals surface area contributed by atoms with Crippen LogP contribution < -0.4 is 10.7 Å². The molecule has 0 saturated heterocycles. The molecule has 5 nitrogen and oxygen atoms in total. The summed E-state index contributed by atoms with van der Waals surface area (Å²) in [5, 5.41) is 7.43. The van der Waals surface area contributed by atoms with Gasteiger partial charge in [0.15, 0.2) is 5.76 Å². The first-order valence-electron chi connectivity index (χ1n) is 9.44. The van der Waals surface area contributed by atoms with Crippen LogP contribution in [-0.4, -0.2) is 18.2 Å². The van der Waals surface area contributed by atoms with E-state index in [9.17, 15) is 9.18 Å². The maximum atomic E-state index is 13.0. The van der Waals surface area contributed by atoms with E-state index in [4.69, 9.17) is 4.42 Å². The first-order chi connectivity index (χ1) is 13.0. The minimum Gasteiger partial charge on any atom is -0.455 e. The lowest BCUT2D eigenvalue weighted by Gasteiger charge is -2.13. The monoisotopic (exact) mass is 371 g/mol. The zero-order valence-electron chi connectivity index (χ0n) is 16.1. The van der Waals surface area contributed by atoms with E-state index in [0.717, 1.165) is 48.3 Å². The molecule has 0 unspecified atom stereocenters. The number of hydrogen-bond donors (Lipinski definition) is 2. The fourth-order valence-electron chi connectivity index (χ4n) is 3.21. The van der Waals surface area contributed by atoms with Crippen LogP contribution in [0.1, 0.15) is 60.6 Å². The van der Waals surface area contributed by atoms with Gasteiger partial charge in [0.05, 0.1) is 11.4 Å². The molecule has 1 amide bonds. The second-order valence-electron chi connectivity index (χ2n) is 7.32. The fourth-order valence-corrected chi connectivity index (χ4v) is 3.21. The van der Waals surface area contributed by atoms with Gasteiger partial charge in [-0.25, -0.2) is 4.39 Å². The van der Waals surface area contributed by atoms with Crippen molar-refractivity contribution in [2.24, 2.45) is 11.0 Å². The predicted molar refractivity (Wildman–Crippen MR) is 105 cm³/mol. The zero-order valence-corrected chi connectivity index (χ0v) is 16.1. The Hall–Kier alpha value is -2.63. The molecule has 0 aliphatic heterocycles. The highest BCUT2D eigenvalue weighted by Gasteiger charge is 2.27. The number of hydrogen-bond acceptors (Lipinski definition) is 4. The third-order valence-corrected chi connectivity index (χ3v) is 4.70. The summed E-state index contributed by atoms with van der Waals surface area (Å²) in [5.74, 6) is 1.26. The Morgan fingerprint density at radius 2 is 2.00 bits per heavy atom. The minimum absolute atomic E-state index is 0.173. The van der Waals surface area contributed by atoms with Gasteiger partial charge in [-0.05, 0) is 56.4 Å². The molecule has 0 atom stereocenters. The van der Waals surface area contributed by atoms with Gasteiger partial charge in [-0.1, -0.05) is 13.8 Å². The molecule has 1 aromatic carbocycles. The number of aryl methyl sites for hydroxylation is 1. The summed E-state index contributed by atoms with van der Waals surface area (Å²) in [7, 11) is 0. The number of hydrazone groups is 1. The fraction of sp³-hybridized carbons (Fsp3) is 0.429. The molecule has 0 fully saturated rings. The summed E-state index contributed by atoms with van der Waals surface area (Å²) in [6.07, 6.45) is 3.44. The van der Waals surface area contributed by atoms with Crippen LogP contribution in [0.4, 0.5) is 10.1 Å². The Morgan fingerprint density at radius 1 is 1.26 bits per heavy atom. The van der Waals surface area contributed by atoms with Gasteiger partial charge < -0.3 is 9.73 Å². The number of benzene rings is 1. The molecule has 0 radical (unpaired) electrons. The van der Waals surface area contributed by atoms with Crippen molar-refractivity contribution in [1.29, 1.82) is 0 Å². The molecule has 2 N–H and O–H groups in total. The number of rotatable bonds is 6. The number of fused-ring (bicyclic) bond motifs is 1. The van der Waals surface area contributed by atoms with Crippen LogP contribution in [0.5, 0.6) is 0 Å². The standard InChI is InChI=1S/C21H26FN3O2/c1-13(2)11-12-23-21(26)20-14(3)19-17(5-4-6-18(19)27-20)25-24-16-9-7-15(22)8-10-16/h7-10,13,24H,4-6,11-12H2,1-3H3,(H,23,26)/b25-17+. The Bertz CT molecular complexity index is 838. The topological polar surface area (TPSA) is 66.6 Å². The Balaban J connectivity index is 1.78. The predicted octanol–water partition coefficient (Wildman–Crippen LogP) is 4.66. The molecule has 2 aromatic rings. The van der Waals surface area contributed by atoms with Crippen molar-refractivity contribution in [3.63, 3.8) is 0 Å². The third kappa shape index (κ3) is 4.56. The second-order valence-corrected chi connectivity index (χ2v) is 7.32. The highest BCUT2D eigenvalue weighted by Crippen LogP contribution is 2.30. The molecule has 0 bridgehead atoms. The number of carbonyl (C=O) groups is 1. The van der Waals surface area contributed by atoms with Gasteiger partial charge in [0.2, 0.25) is 0 Å². The smallest absolute Gasteiger partial charge is 0.287 e. The number of anilines is 1. The molecule has 1 aliphatic rings. The third-order valence-electron chi connectivity index (χ3n) is 4.70. The minimum atomic E-state index is -0.285. The van der Waals surface area contributed by atoms with Gasteiger partial charge in [-0.3, -0.25) is 10.2 Å². The Kier molecular flexibility index (Phi) is 5.94. The van der Waals surface area contributed by atoms with E-state index in [1.165, 1.54) is 12.1 Å². The Morgan fingerprint density at radius 3 is 2.70 bits per heavy atom. The lowest BCUT2D eigenvalue weighted by molar-refractivity contribution is 0.0921. The molecular formula is C21H26FN3O2. The SMILES string of the molecule is Cc1c(C(=O)NCCC(C)C)oc2c1/C(=N/Nc1ccc(F)cc1)CCC2. The van der Waals surface area contributed by atoms with Crippen molar-refractivity contribution >= 4 is 17.3 Å². The van der Waals surface area contributed by atoms with E-state index in [1.807, 2.05) is 6.92 Å². The average Bonchev–Trinajstić information content (AvgIpc) is 2.98. The van der Waals surface area contributed by atoms with Crippen molar-refractivity contribution in [3.8, 4) is 0 Å². The van der Waals surface area contributed by atoms with Crippen LogP contribution in [0.3, 0.4) is 0 Å². The van der Waals surface area contributed by atoms with E-state index >= 15 is 0 Å². The van der Waals surface area contributed by atoms with Gasteiger partial charge in [0, 0.05) is 24.1 Å². The highest BCUT2D eigenvalue weighted by atomic mass is 19.1. The molecule has 6 heteroatoms. The molecule has 0 spiro atoms. The summed E-state index contributed by atoms with van der Waals surface area (Å²) in [6, 6.07) is 6.05. The van der Waals surface area contributed by atoms with E-state index in [-0.39, 0.29) is 11.7 Å². The van der Waals surface area contributed by atoms with E-state index in [0.29, 0.717) is 23.9 Å². The van der Waals surface area contributed by atoms with Crippen molar-refractivity contribution in [2.75, 3.05) is 12.0 Å². The number of halogens is 1. The Labute approximate surface area is 159 Å². The van der Waals surface area contributed by atoms with E-state index < -0.39 is 0 Å². The van der Waals surface area contributed by atoms with Gasteiger partial charge in [0.25, 0.3) is 5.91 Å². The van der Waals surface area contributed by atoms with E-state index in [2.05, 4.69) is 29.7 Å². The molecule has 3 rings (SSSR count). The zero-order chi connectivity index (χ0) is 19.4. The van der Waals surface area contributed by atoms with Crippen LogP contribution in [0, 0.1) is 18.7 Å². The summed E-state index contributed by atoms with van der Waals surface area (Å²) < 4.78 is 18.9. The number of furan rings is 1. The maximum Gasteiger partial charge on any atom is 0.287 e. The normalized spacial score (nSPS) is 15.1. The van der Waals surface area contributed by atoms with Crippen molar-refractivity contribution in [1.82, 2.24) is 5.32 Å². The van der Waals surface area contributed by atoms with Gasteiger partial charge in [-0.15, -0.1) is 0 Å². The maximum absolute atomic E-state index is 13.0. The van der Waals surface area contributed by atoms with Crippen molar-refractivity contribution in [3.05, 3.63) is 52.7 Å². The summed E-state index contributed by atoms with van der Waals surface area (Å²) >= 11 is 0. The summed E-state index contributed by atoms with van der Waals surface area (Å²) in [5.41, 5.74) is 6.30. The highest BCUT2D eigenvalue weighted by molar-refractivity contribution is 6.06.